The minimum Gasteiger partial charge on any atom is -0.493 e. The van der Waals surface area contributed by atoms with Crippen LogP contribution < -0.4 is 14.8 Å². The van der Waals surface area contributed by atoms with E-state index in [0.29, 0.717) is 0 Å². The molecule has 128 valence electrons. The fraction of sp³-hybridized carbons (Fsp3) is 0.231. The zero-order valence-corrected chi connectivity index (χ0v) is 12.5. The standard InChI is InChI=1S/C13H12F2N4O5/c1-18-11(8(6-16-18)19(21)22)12(20)17-7-3-4-9(24-13(14)15)10(5-7)23-2/h3-6,13H,1-2H3,(H,17,20). The lowest BCUT2D eigenvalue weighted by atomic mass is 10.2. The normalized spacial score (nSPS) is 10.5. The van der Waals surface area contributed by atoms with E-state index in [0.717, 1.165) is 10.9 Å². The Hall–Kier alpha value is -3.24. The van der Waals surface area contributed by atoms with Crippen molar-refractivity contribution in [2.45, 2.75) is 6.61 Å². The summed E-state index contributed by atoms with van der Waals surface area (Å²) < 4.78 is 34.8. The maximum Gasteiger partial charge on any atom is 0.387 e. The van der Waals surface area contributed by atoms with Crippen LogP contribution >= 0.6 is 0 Å². The van der Waals surface area contributed by atoms with Crippen LogP contribution in [0.25, 0.3) is 0 Å². The molecule has 2 aromatic rings. The number of ether oxygens (including phenoxy) is 2. The lowest BCUT2D eigenvalue weighted by Gasteiger charge is -2.12. The van der Waals surface area contributed by atoms with Crippen LogP contribution in [0.3, 0.4) is 0 Å². The Morgan fingerprint density at radius 2 is 2.12 bits per heavy atom. The van der Waals surface area contributed by atoms with Gasteiger partial charge in [0.05, 0.1) is 12.0 Å². The first-order chi connectivity index (χ1) is 11.3. The van der Waals surface area contributed by atoms with E-state index in [1.165, 1.54) is 32.4 Å². The average Bonchev–Trinajstić information content (AvgIpc) is 2.90. The van der Waals surface area contributed by atoms with Gasteiger partial charge in [-0.15, -0.1) is 0 Å². The third-order valence-electron chi connectivity index (χ3n) is 2.97. The van der Waals surface area contributed by atoms with Gasteiger partial charge in [0.1, 0.15) is 6.20 Å². The van der Waals surface area contributed by atoms with Crippen molar-refractivity contribution in [3.05, 3.63) is 40.2 Å². The van der Waals surface area contributed by atoms with Crippen molar-refractivity contribution in [2.75, 3.05) is 12.4 Å². The summed E-state index contributed by atoms with van der Waals surface area (Å²) in [4.78, 5) is 22.4. The summed E-state index contributed by atoms with van der Waals surface area (Å²) in [6, 6.07) is 3.72. The van der Waals surface area contributed by atoms with E-state index in [-0.39, 0.29) is 22.9 Å². The molecule has 0 saturated carbocycles. The molecule has 0 aliphatic heterocycles. The monoisotopic (exact) mass is 342 g/mol. The van der Waals surface area contributed by atoms with Gasteiger partial charge in [-0.1, -0.05) is 0 Å². The number of alkyl halides is 2. The number of aryl methyl sites for hydroxylation is 1. The van der Waals surface area contributed by atoms with E-state index in [2.05, 4.69) is 15.2 Å². The minimum absolute atomic E-state index is 0.0346. The first kappa shape index (κ1) is 17.1. The summed E-state index contributed by atoms with van der Waals surface area (Å²) in [6.45, 7) is -3.03. The SMILES string of the molecule is COc1cc(NC(=O)c2c([N+](=O)[O-])cnn2C)ccc1OC(F)F. The van der Waals surface area contributed by atoms with Gasteiger partial charge in [0.25, 0.3) is 5.91 Å². The molecule has 24 heavy (non-hydrogen) atoms. The Labute approximate surface area is 133 Å². The fourth-order valence-corrected chi connectivity index (χ4v) is 1.95. The molecule has 0 saturated heterocycles. The van der Waals surface area contributed by atoms with Gasteiger partial charge in [-0.3, -0.25) is 19.6 Å². The van der Waals surface area contributed by atoms with E-state index >= 15 is 0 Å². The van der Waals surface area contributed by atoms with Crippen molar-refractivity contribution >= 4 is 17.3 Å². The highest BCUT2D eigenvalue weighted by molar-refractivity contribution is 6.05. The molecule has 0 fully saturated rings. The number of nitrogens with one attached hydrogen (secondary N) is 1. The highest BCUT2D eigenvalue weighted by Crippen LogP contribution is 2.31. The molecule has 0 spiro atoms. The van der Waals surface area contributed by atoms with Gasteiger partial charge in [0, 0.05) is 18.8 Å². The molecule has 0 radical (unpaired) electrons. The fourth-order valence-electron chi connectivity index (χ4n) is 1.95. The lowest BCUT2D eigenvalue weighted by molar-refractivity contribution is -0.385. The van der Waals surface area contributed by atoms with E-state index in [9.17, 15) is 23.7 Å². The highest BCUT2D eigenvalue weighted by atomic mass is 19.3. The smallest absolute Gasteiger partial charge is 0.387 e. The molecule has 1 N–H and O–H groups in total. The van der Waals surface area contributed by atoms with Crippen LogP contribution in [0.2, 0.25) is 0 Å². The summed E-state index contributed by atoms with van der Waals surface area (Å²) >= 11 is 0. The molecule has 0 aliphatic carbocycles. The van der Waals surface area contributed by atoms with Crippen LogP contribution in [0.15, 0.2) is 24.4 Å². The molecule has 0 aliphatic rings. The third kappa shape index (κ3) is 3.56. The molecule has 9 nitrogen and oxygen atoms in total. The molecule has 1 aromatic heterocycles. The molecule has 0 bridgehead atoms. The molecular weight excluding hydrogens is 330 g/mol. The van der Waals surface area contributed by atoms with Gasteiger partial charge in [0.15, 0.2) is 11.5 Å². The number of hydrogen-bond donors (Lipinski definition) is 1. The molecule has 1 aromatic carbocycles. The Morgan fingerprint density at radius 1 is 1.42 bits per heavy atom. The molecule has 2 rings (SSSR count). The largest absolute Gasteiger partial charge is 0.493 e. The Kier molecular flexibility index (Phi) is 4.92. The highest BCUT2D eigenvalue weighted by Gasteiger charge is 2.25. The summed E-state index contributed by atoms with van der Waals surface area (Å²) in [5, 5.41) is 17.0. The number of nitrogens with zero attached hydrogens (tertiary/aromatic N) is 3. The average molecular weight is 342 g/mol. The Balaban J connectivity index is 2.27. The summed E-state index contributed by atoms with van der Waals surface area (Å²) in [5.41, 5.74) is -0.541. The van der Waals surface area contributed by atoms with Gasteiger partial charge in [-0.05, 0) is 12.1 Å². The second-order valence-electron chi connectivity index (χ2n) is 4.46. The van der Waals surface area contributed by atoms with Crippen LogP contribution in [0.5, 0.6) is 11.5 Å². The van der Waals surface area contributed by atoms with E-state index in [1.807, 2.05) is 0 Å². The number of nitro groups is 1. The first-order valence-corrected chi connectivity index (χ1v) is 6.44. The number of carbonyl (C=O) groups is 1. The zero-order chi connectivity index (χ0) is 17.9. The number of benzene rings is 1. The number of halogens is 2. The first-order valence-electron chi connectivity index (χ1n) is 6.44. The van der Waals surface area contributed by atoms with Gasteiger partial charge in [-0.2, -0.15) is 13.9 Å². The number of methoxy groups -OCH3 is 1. The van der Waals surface area contributed by atoms with E-state index in [4.69, 9.17) is 4.74 Å². The zero-order valence-electron chi connectivity index (χ0n) is 12.5. The molecular formula is C13H12F2N4O5. The topological polar surface area (TPSA) is 109 Å². The maximum atomic E-state index is 12.3. The van der Waals surface area contributed by atoms with Crippen molar-refractivity contribution in [3.8, 4) is 11.5 Å². The summed E-state index contributed by atoms with van der Waals surface area (Å²) in [7, 11) is 2.62. The molecule has 11 heteroatoms. The number of hydrogen-bond acceptors (Lipinski definition) is 6. The quantitative estimate of drug-likeness (QED) is 0.637. The third-order valence-corrected chi connectivity index (χ3v) is 2.97. The number of rotatable bonds is 6. The Bertz CT molecular complexity index is 778. The summed E-state index contributed by atoms with van der Waals surface area (Å²) in [6.07, 6.45) is 0.953. The van der Waals surface area contributed by atoms with Crippen LogP contribution in [0.4, 0.5) is 20.2 Å². The predicted molar refractivity (Wildman–Crippen MR) is 77.4 cm³/mol. The van der Waals surface area contributed by atoms with E-state index in [1.54, 1.807) is 0 Å². The van der Waals surface area contributed by atoms with Crippen molar-refractivity contribution in [1.29, 1.82) is 0 Å². The summed E-state index contributed by atoms with van der Waals surface area (Å²) in [5.74, 6) is -1.03. The van der Waals surface area contributed by atoms with Crippen LogP contribution in [-0.2, 0) is 7.05 Å². The van der Waals surface area contributed by atoms with Crippen LogP contribution in [0.1, 0.15) is 10.5 Å². The van der Waals surface area contributed by atoms with Crippen molar-refractivity contribution in [3.63, 3.8) is 0 Å². The van der Waals surface area contributed by atoms with Gasteiger partial charge in [-0.25, -0.2) is 0 Å². The second kappa shape index (κ2) is 6.89. The number of aromatic nitrogens is 2. The van der Waals surface area contributed by atoms with Crippen LogP contribution in [0, 0.1) is 10.1 Å². The van der Waals surface area contributed by atoms with Crippen molar-refractivity contribution in [2.24, 2.45) is 7.05 Å². The van der Waals surface area contributed by atoms with Crippen molar-refractivity contribution < 1.29 is 28.0 Å². The maximum absolute atomic E-state index is 12.3. The molecule has 0 atom stereocenters. The van der Waals surface area contributed by atoms with Crippen molar-refractivity contribution in [1.82, 2.24) is 9.78 Å². The van der Waals surface area contributed by atoms with Gasteiger partial charge in [0.2, 0.25) is 5.69 Å². The lowest BCUT2D eigenvalue weighted by Crippen LogP contribution is -2.17. The van der Waals surface area contributed by atoms with Crippen LogP contribution in [-0.4, -0.2) is 34.3 Å². The molecule has 1 amide bonds. The Morgan fingerprint density at radius 3 is 2.71 bits per heavy atom. The number of amides is 1. The van der Waals surface area contributed by atoms with Gasteiger partial charge >= 0.3 is 12.3 Å². The van der Waals surface area contributed by atoms with E-state index < -0.39 is 23.1 Å². The minimum atomic E-state index is -3.03. The van der Waals surface area contributed by atoms with Gasteiger partial charge < -0.3 is 14.8 Å². The number of anilines is 1. The number of carbonyl (C=O) groups excluding carboxylic acids is 1. The molecule has 0 unspecified atom stereocenters. The molecule has 1 heterocycles. The predicted octanol–water partition coefficient (Wildman–Crippen LogP) is 2.19. The second-order valence-corrected chi connectivity index (χ2v) is 4.46.